The summed E-state index contributed by atoms with van der Waals surface area (Å²) >= 11 is 3.46. The number of hydrogen-bond donors (Lipinski definition) is 1. The van der Waals surface area contributed by atoms with Crippen molar-refractivity contribution < 1.29 is 18.0 Å². The van der Waals surface area contributed by atoms with E-state index in [1.165, 1.54) is 21.3 Å². The van der Waals surface area contributed by atoms with Gasteiger partial charge in [-0.2, -0.15) is 0 Å². The van der Waals surface area contributed by atoms with Crippen LogP contribution in [0.15, 0.2) is 112 Å². The Morgan fingerprint density at radius 2 is 1.48 bits per heavy atom. The van der Waals surface area contributed by atoms with E-state index >= 15 is 0 Å². The minimum absolute atomic E-state index is 0.0784. The third-order valence-electron chi connectivity index (χ3n) is 7.33. The van der Waals surface area contributed by atoms with Crippen LogP contribution in [0, 0.1) is 13.8 Å². The maximum atomic E-state index is 14.5. The number of rotatable bonds is 13. The van der Waals surface area contributed by atoms with E-state index in [-0.39, 0.29) is 23.8 Å². The molecule has 4 aromatic carbocycles. The first kappa shape index (κ1) is 33.0. The second-order valence-electron chi connectivity index (χ2n) is 10.8. The predicted octanol–water partition coefficient (Wildman–Crippen LogP) is 6.43. The summed E-state index contributed by atoms with van der Waals surface area (Å²) in [5.41, 5.74) is 3.69. The fraction of sp³-hybridized carbons (Fsp3) is 0.257. The summed E-state index contributed by atoms with van der Waals surface area (Å²) in [6.07, 6.45) is 1.01. The van der Waals surface area contributed by atoms with Crippen LogP contribution in [0.25, 0.3) is 0 Å². The van der Waals surface area contributed by atoms with Crippen molar-refractivity contribution in [2.24, 2.45) is 0 Å². The lowest BCUT2D eigenvalue weighted by molar-refractivity contribution is -0.140. The highest BCUT2D eigenvalue weighted by Crippen LogP contribution is 2.29. The number of nitrogens with zero attached hydrogens (tertiary/aromatic N) is 2. The average Bonchev–Trinajstić information content (AvgIpc) is 3.03. The number of hydrogen-bond acceptors (Lipinski definition) is 4. The van der Waals surface area contributed by atoms with Crippen LogP contribution in [0.5, 0.6) is 0 Å². The van der Waals surface area contributed by atoms with Gasteiger partial charge in [0.05, 0.1) is 10.6 Å². The summed E-state index contributed by atoms with van der Waals surface area (Å²) in [5.74, 6) is -0.772. The average molecular weight is 677 g/mol. The molecule has 0 fully saturated rings. The zero-order chi connectivity index (χ0) is 31.7. The third kappa shape index (κ3) is 8.36. The molecule has 0 aliphatic rings. The molecule has 0 unspecified atom stereocenters. The molecule has 4 aromatic rings. The van der Waals surface area contributed by atoms with Crippen LogP contribution in [-0.4, -0.2) is 44.3 Å². The summed E-state index contributed by atoms with van der Waals surface area (Å²) < 4.78 is 30.4. The highest BCUT2D eigenvalue weighted by Gasteiger charge is 2.35. The molecule has 0 aromatic heterocycles. The Kier molecular flexibility index (Phi) is 11.4. The van der Waals surface area contributed by atoms with Crippen LogP contribution < -0.4 is 9.62 Å². The number of carbonyl (C=O) groups excluding carboxylic acids is 2. The molecule has 230 valence electrons. The van der Waals surface area contributed by atoms with Gasteiger partial charge in [0.15, 0.2) is 0 Å². The van der Waals surface area contributed by atoms with Crippen molar-refractivity contribution in [3.05, 3.63) is 130 Å². The summed E-state index contributed by atoms with van der Waals surface area (Å²) in [7, 11) is -4.14. The van der Waals surface area contributed by atoms with E-state index in [0.717, 1.165) is 27.6 Å². The zero-order valence-corrected chi connectivity index (χ0v) is 27.6. The molecule has 7 nitrogen and oxygen atoms in total. The lowest BCUT2D eigenvalue weighted by atomic mass is 10.0. The van der Waals surface area contributed by atoms with Gasteiger partial charge in [0.2, 0.25) is 11.8 Å². The Hall–Kier alpha value is -3.95. The van der Waals surface area contributed by atoms with Gasteiger partial charge in [-0.15, -0.1) is 0 Å². The maximum Gasteiger partial charge on any atom is 0.264 e. The van der Waals surface area contributed by atoms with Crippen LogP contribution in [0.1, 0.15) is 35.6 Å². The summed E-state index contributed by atoms with van der Waals surface area (Å²) in [4.78, 5) is 29.8. The number of nitrogens with one attached hydrogen (secondary N) is 1. The fourth-order valence-corrected chi connectivity index (χ4v) is 6.68. The van der Waals surface area contributed by atoms with Crippen molar-refractivity contribution in [2.75, 3.05) is 17.4 Å². The number of anilines is 1. The molecule has 0 heterocycles. The number of sulfonamides is 1. The van der Waals surface area contributed by atoms with Crippen molar-refractivity contribution in [2.45, 2.75) is 51.1 Å². The molecule has 2 amide bonds. The van der Waals surface area contributed by atoms with Gasteiger partial charge in [-0.05, 0) is 72.9 Å². The quantitative estimate of drug-likeness (QED) is 0.177. The molecule has 0 aliphatic carbocycles. The van der Waals surface area contributed by atoms with Crippen molar-refractivity contribution in [3.63, 3.8) is 0 Å². The van der Waals surface area contributed by atoms with Crippen LogP contribution in [0.4, 0.5) is 5.69 Å². The van der Waals surface area contributed by atoms with E-state index in [4.69, 9.17) is 0 Å². The van der Waals surface area contributed by atoms with Crippen molar-refractivity contribution in [1.29, 1.82) is 0 Å². The monoisotopic (exact) mass is 675 g/mol. The van der Waals surface area contributed by atoms with Gasteiger partial charge in [-0.25, -0.2) is 8.42 Å². The molecule has 44 heavy (non-hydrogen) atoms. The molecule has 1 N–H and O–H groups in total. The highest BCUT2D eigenvalue weighted by atomic mass is 79.9. The Labute approximate surface area is 269 Å². The summed E-state index contributed by atoms with van der Waals surface area (Å²) in [6.45, 7) is 5.77. The van der Waals surface area contributed by atoms with Crippen LogP contribution in [0.3, 0.4) is 0 Å². The van der Waals surface area contributed by atoms with E-state index in [1.807, 2.05) is 87.5 Å². The first-order chi connectivity index (χ1) is 21.1. The molecule has 0 saturated heterocycles. The smallest absolute Gasteiger partial charge is 0.264 e. The minimum atomic E-state index is -4.14. The van der Waals surface area contributed by atoms with Gasteiger partial charge in [0.25, 0.3) is 10.0 Å². The summed E-state index contributed by atoms with van der Waals surface area (Å²) in [5, 5.41) is 2.97. The van der Waals surface area contributed by atoms with E-state index < -0.39 is 28.5 Å². The van der Waals surface area contributed by atoms with Crippen LogP contribution >= 0.6 is 15.9 Å². The molecule has 0 aliphatic heterocycles. The normalized spacial score (nSPS) is 11.9. The lowest BCUT2D eigenvalue weighted by Crippen LogP contribution is -2.53. The van der Waals surface area contributed by atoms with E-state index in [9.17, 15) is 18.0 Å². The van der Waals surface area contributed by atoms with Gasteiger partial charge in [-0.1, -0.05) is 95.7 Å². The van der Waals surface area contributed by atoms with E-state index in [1.54, 1.807) is 24.3 Å². The Morgan fingerprint density at radius 1 is 0.841 bits per heavy atom. The van der Waals surface area contributed by atoms with E-state index in [0.29, 0.717) is 17.8 Å². The van der Waals surface area contributed by atoms with Gasteiger partial charge in [-0.3, -0.25) is 13.9 Å². The maximum absolute atomic E-state index is 14.5. The third-order valence-corrected chi connectivity index (χ3v) is 9.63. The zero-order valence-electron chi connectivity index (χ0n) is 25.2. The molecular formula is C35H38BrN3O4S. The molecule has 4 rings (SSSR count). The van der Waals surface area contributed by atoms with Crippen LogP contribution in [-0.2, 0) is 32.6 Å². The Balaban J connectivity index is 1.81. The van der Waals surface area contributed by atoms with Crippen molar-refractivity contribution in [1.82, 2.24) is 10.2 Å². The topological polar surface area (TPSA) is 86.8 Å². The fourth-order valence-electron chi connectivity index (χ4n) is 4.93. The standard InChI is InChI=1S/C35H38BrN3O4S/c1-4-21-37-35(41)33(23-28-11-7-5-8-12-28)38(24-29-17-19-30(36)20-18-29)34(40)25-39(32-22-26(2)15-16-27(32)3)44(42,43)31-13-9-6-10-14-31/h5-20,22,33H,4,21,23-25H2,1-3H3,(H,37,41)/t33-/m0/s1. The highest BCUT2D eigenvalue weighted by molar-refractivity contribution is 9.10. The Morgan fingerprint density at radius 3 is 2.11 bits per heavy atom. The lowest BCUT2D eigenvalue weighted by Gasteiger charge is -2.34. The van der Waals surface area contributed by atoms with Crippen molar-refractivity contribution in [3.8, 4) is 0 Å². The molecule has 0 saturated carbocycles. The van der Waals surface area contributed by atoms with Gasteiger partial charge in [0.1, 0.15) is 12.6 Å². The second kappa shape index (κ2) is 15.2. The minimum Gasteiger partial charge on any atom is -0.354 e. The molecule has 9 heteroatoms. The molecule has 0 radical (unpaired) electrons. The number of amides is 2. The number of aryl methyl sites for hydroxylation is 2. The largest absolute Gasteiger partial charge is 0.354 e. The first-order valence-corrected chi connectivity index (χ1v) is 16.8. The van der Waals surface area contributed by atoms with Gasteiger partial charge < -0.3 is 10.2 Å². The van der Waals surface area contributed by atoms with Crippen LogP contribution in [0.2, 0.25) is 0 Å². The summed E-state index contributed by atoms with van der Waals surface area (Å²) in [6, 6.07) is 29.8. The number of halogens is 1. The Bertz CT molecular complexity index is 1660. The van der Waals surface area contributed by atoms with Gasteiger partial charge in [0, 0.05) is 24.0 Å². The molecule has 1 atom stereocenters. The van der Waals surface area contributed by atoms with E-state index in [2.05, 4.69) is 21.2 Å². The molecular weight excluding hydrogens is 638 g/mol. The predicted molar refractivity (Wildman–Crippen MR) is 179 cm³/mol. The SMILES string of the molecule is CCCNC(=O)[C@H](Cc1ccccc1)N(Cc1ccc(Br)cc1)C(=O)CN(c1cc(C)ccc1C)S(=O)(=O)c1ccccc1. The van der Waals surface area contributed by atoms with Crippen molar-refractivity contribution >= 4 is 43.5 Å². The first-order valence-electron chi connectivity index (χ1n) is 14.6. The van der Waals surface area contributed by atoms with Gasteiger partial charge >= 0.3 is 0 Å². The molecule has 0 spiro atoms. The number of carbonyl (C=O) groups is 2. The molecule has 0 bridgehead atoms. The second-order valence-corrected chi connectivity index (χ2v) is 13.5. The number of benzene rings is 4.